The summed E-state index contributed by atoms with van der Waals surface area (Å²) in [5, 5.41) is 2.46. The molecule has 0 aliphatic rings. The number of hydrogen-bond acceptors (Lipinski definition) is 2. The molecule has 2 heteroatoms. The number of hydrogen-bond donors (Lipinski definition) is 1. The van der Waals surface area contributed by atoms with Gasteiger partial charge in [-0.25, -0.2) is 0 Å². The van der Waals surface area contributed by atoms with E-state index in [2.05, 4.69) is 35.3 Å². The summed E-state index contributed by atoms with van der Waals surface area (Å²) in [6.07, 6.45) is 3.45. The van der Waals surface area contributed by atoms with Gasteiger partial charge in [0.25, 0.3) is 0 Å². The Morgan fingerprint density at radius 3 is 2.53 bits per heavy atom. The maximum absolute atomic E-state index is 5.93. The van der Waals surface area contributed by atoms with Gasteiger partial charge in [-0.3, -0.25) is 4.98 Å². The van der Waals surface area contributed by atoms with Gasteiger partial charge in [0.1, 0.15) is 0 Å². The number of nitrogens with zero attached hydrogens (tertiary/aromatic N) is 1. The highest BCUT2D eigenvalue weighted by molar-refractivity contribution is 5.89. The number of aromatic nitrogens is 1. The van der Waals surface area contributed by atoms with E-state index in [0.29, 0.717) is 5.69 Å². The molecule has 0 amide bonds. The van der Waals surface area contributed by atoms with E-state index in [1.165, 1.54) is 10.8 Å². The Kier molecular flexibility index (Phi) is 2.26. The predicted molar refractivity (Wildman–Crippen MR) is 71.6 cm³/mol. The number of anilines is 1. The molecule has 2 nitrogen and oxygen atoms in total. The van der Waals surface area contributed by atoms with E-state index in [1.807, 2.05) is 18.2 Å². The lowest BCUT2D eigenvalue weighted by Gasteiger charge is -2.06. The molecule has 1 heterocycles. The minimum absolute atomic E-state index is 0.711. The van der Waals surface area contributed by atoms with Gasteiger partial charge in [-0.05, 0) is 28.5 Å². The smallest absolute Gasteiger partial charge is 0.0580 e. The zero-order valence-corrected chi connectivity index (χ0v) is 9.30. The lowest BCUT2D eigenvalue weighted by molar-refractivity contribution is 1.33. The van der Waals surface area contributed by atoms with Crippen LogP contribution in [0.5, 0.6) is 0 Å². The maximum atomic E-state index is 5.93. The van der Waals surface area contributed by atoms with Crippen LogP contribution in [-0.2, 0) is 0 Å². The highest BCUT2D eigenvalue weighted by Gasteiger charge is 2.02. The van der Waals surface area contributed by atoms with Gasteiger partial charge in [-0.1, -0.05) is 36.4 Å². The first-order chi connectivity index (χ1) is 8.34. The second kappa shape index (κ2) is 3.91. The summed E-state index contributed by atoms with van der Waals surface area (Å²) in [6.45, 7) is 0. The summed E-state index contributed by atoms with van der Waals surface area (Å²) in [5.74, 6) is 0. The van der Waals surface area contributed by atoms with Gasteiger partial charge in [0.15, 0.2) is 0 Å². The molecule has 0 spiro atoms. The predicted octanol–water partition coefficient (Wildman–Crippen LogP) is 3.48. The van der Waals surface area contributed by atoms with Crippen molar-refractivity contribution in [1.82, 2.24) is 4.98 Å². The zero-order chi connectivity index (χ0) is 11.7. The van der Waals surface area contributed by atoms with Crippen LogP contribution in [0.25, 0.3) is 21.9 Å². The summed E-state index contributed by atoms with van der Waals surface area (Å²) >= 11 is 0. The van der Waals surface area contributed by atoms with Gasteiger partial charge in [0.05, 0.1) is 11.9 Å². The first kappa shape index (κ1) is 9.85. The molecule has 2 aromatic carbocycles. The van der Waals surface area contributed by atoms with Crippen molar-refractivity contribution in [2.75, 3.05) is 5.73 Å². The second-order valence-corrected chi connectivity index (χ2v) is 4.02. The third-order valence-corrected chi connectivity index (χ3v) is 2.91. The molecule has 0 bridgehead atoms. The number of nitrogens with two attached hydrogens (primary N) is 1. The molecular weight excluding hydrogens is 208 g/mol. The van der Waals surface area contributed by atoms with Crippen molar-refractivity contribution in [3.63, 3.8) is 0 Å². The average Bonchev–Trinajstić information content (AvgIpc) is 2.39. The van der Waals surface area contributed by atoms with Crippen LogP contribution in [0.1, 0.15) is 0 Å². The zero-order valence-electron chi connectivity index (χ0n) is 9.30. The SMILES string of the molecule is Nc1cnccc1-c1ccc2ccccc2c1. The number of benzene rings is 2. The van der Waals surface area contributed by atoms with Crippen LogP contribution < -0.4 is 5.73 Å². The number of pyridine rings is 1. The largest absolute Gasteiger partial charge is 0.397 e. The van der Waals surface area contributed by atoms with E-state index in [1.54, 1.807) is 12.4 Å². The topological polar surface area (TPSA) is 38.9 Å². The Hall–Kier alpha value is -2.35. The lowest BCUT2D eigenvalue weighted by Crippen LogP contribution is -1.90. The molecule has 3 aromatic rings. The van der Waals surface area contributed by atoms with Crippen LogP contribution in [0.2, 0.25) is 0 Å². The third kappa shape index (κ3) is 1.74. The van der Waals surface area contributed by atoms with Crippen molar-refractivity contribution in [1.29, 1.82) is 0 Å². The Labute approximate surface area is 99.7 Å². The summed E-state index contributed by atoms with van der Waals surface area (Å²) in [7, 11) is 0. The van der Waals surface area contributed by atoms with Crippen LogP contribution in [0, 0.1) is 0 Å². The molecule has 17 heavy (non-hydrogen) atoms. The highest BCUT2D eigenvalue weighted by Crippen LogP contribution is 2.27. The first-order valence-corrected chi connectivity index (χ1v) is 5.53. The maximum Gasteiger partial charge on any atom is 0.0580 e. The van der Waals surface area contributed by atoms with E-state index < -0.39 is 0 Å². The molecule has 82 valence electrons. The van der Waals surface area contributed by atoms with Gasteiger partial charge >= 0.3 is 0 Å². The Morgan fingerprint density at radius 2 is 1.71 bits per heavy atom. The van der Waals surface area contributed by atoms with E-state index in [-0.39, 0.29) is 0 Å². The fraction of sp³-hybridized carbons (Fsp3) is 0. The van der Waals surface area contributed by atoms with E-state index in [9.17, 15) is 0 Å². The van der Waals surface area contributed by atoms with Gasteiger partial charge < -0.3 is 5.73 Å². The molecule has 1 aromatic heterocycles. The molecule has 0 aliphatic heterocycles. The molecule has 0 saturated heterocycles. The van der Waals surface area contributed by atoms with E-state index >= 15 is 0 Å². The van der Waals surface area contributed by atoms with Crippen molar-refractivity contribution >= 4 is 16.5 Å². The molecule has 3 rings (SSSR count). The van der Waals surface area contributed by atoms with Crippen molar-refractivity contribution in [2.24, 2.45) is 0 Å². The minimum atomic E-state index is 0.711. The Bertz CT molecular complexity index is 674. The van der Waals surface area contributed by atoms with Crippen molar-refractivity contribution in [3.05, 3.63) is 60.9 Å². The Morgan fingerprint density at radius 1 is 0.882 bits per heavy atom. The van der Waals surface area contributed by atoms with Crippen LogP contribution in [-0.4, -0.2) is 4.98 Å². The number of nitrogen functional groups attached to an aromatic ring is 1. The number of fused-ring (bicyclic) bond motifs is 1. The summed E-state index contributed by atoms with van der Waals surface area (Å²) in [5.41, 5.74) is 8.81. The summed E-state index contributed by atoms with van der Waals surface area (Å²) in [4.78, 5) is 4.01. The standard InChI is InChI=1S/C15H12N2/c16-15-10-17-8-7-14(15)13-6-5-11-3-1-2-4-12(11)9-13/h1-10H,16H2. The Balaban J connectivity index is 2.22. The van der Waals surface area contributed by atoms with Gasteiger partial charge in [-0.2, -0.15) is 0 Å². The van der Waals surface area contributed by atoms with Crippen molar-refractivity contribution in [3.8, 4) is 11.1 Å². The van der Waals surface area contributed by atoms with E-state index in [4.69, 9.17) is 5.73 Å². The molecule has 0 aliphatic carbocycles. The minimum Gasteiger partial charge on any atom is -0.397 e. The normalized spacial score (nSPS) is 10.6. The summed E-state index contributed by atoms with van der Waals surface area (Å²) < 4.78 is 0. The third-order valence-electron chi connectivity index (χ3n) is 2.91. The van der Waals surface area contributed by atoms with Crippen molar-refractivity contribution in [2.45, 2.75) is 0 Å². The summed E-state index contributed by atoms with van der Waals surface area (Å²) in [6, 6.07) is 16.6. The van der Waals surface area contributed by atoms with Gasteiger partial charge in [-0.15, -0.1) is 0 Å². The number of rotatable bonds is 1. The van der Waals surface area contributed by atoms with Crippen LogP contribution in [0.15, 0.2) is 60.9 Å². The van der Waals surface area contributed by atoms with Gasteiger partial charge in [0.2, 0.25) is 0 Å². The van der Waals surface area contributed by atoms with Crippen LogP contribution in [0.3, 0.4) is 0 Å². The highest BCUT2D eigenvalue weighted by atomic mass is 14.7. The van der Waals surface area contributed by atoms with Gasteiger partial charge in [0, 0.05) is 11.8 Å². The van der Waals surface area contributed by atoms with Crippen molar-refractivity contribution < 1.29 is 0 Å². The molecule has 0 unspecified atom stereocenters. The molecule has 2 N–H and O–H groups in total. The van der Waals surface area contributed by atoms with E-state index in [0.717, 1.165) is 11.1 Å². The molecular formula is C15H12N2. The molecule has 0 fully saturated rings. The van der Waals surface area contributed by atoms with Crippen LogP contribution in [0.4, 0.5) is 5.69 Å². The molecule has 0 radical (unpaired) electrons. The first-order valence-electron chi connectivity index (χ1n) is 5.53. The van der Waals surface area contributed by atoms with Crippen LogP contribution >= 0.6 is 0 Å². The monoisotopic (exact) mass is 220 g/mol. The fourth-order valence-corrected chi connectivity index (χ4v) is 2.03. The average molecular weight is 220 g/mol. The second-order valence-electron chi connectivity index (χ2n) is 4.02. The lowest BCUT2D eigenvalue weighted by atomic mass is 10.0. The quantitative estimate of drug-likeness (QED) is 0.681. The fourth-order valence-electron chi connectivity index (χ4n) is 2.03. The molecule has 0 atom stereocenters. The molecule has 0 saturated carbocycles.